The van der Waals surface area contributed by atoms with Crippen LogP contribution < -0.4 is 0 Å². The van der Waals surface area contributed by atoms with E-state index in [1.54, 1.807) is 0 Å². The van der Waals surface area contributed by atoms with Crippen molar-refractivity contribution in [2.75, 3.05) is 13.2 Å². The Kier molecular flexibility index (Phi) is 2.83. The molecule has 0 amide bonds. The molecule has 0 bridgehead atoms. The summed E-state index contributed by atoms with van der Waals surface area (Å²) in [4.78, 5) is 0. The van der Waals surface area contributed by atoms with Gasteiger partial charge in [-0.3, -0.25) is 0 Å². The number of benzene rings is 1. The van der Waals surface area contributed by atoms with E-state index in [9.17, 15) is 0 Å². The number of hydrogen-bond donors (Lipinski definition) is 0. The topological polar surface area (TPSA) is 9.23 Å². The quantitative estimate of drug-likeness (QED) is 0.735. The van der Waals surface area contributed by atoms with E-state index in [1.165, 1.54) is 17.5 Å². The van der Waals surface area contributed by atoms with E-state index in [0.29, 0.717) is 5.41 Å². The standard InChI is InChI=1S/C15H22O/c1-12-5-7-13(8-6-12)15(10-16-11-15)9-14(2,3)4/h5-8H,9-11H2,1-4H3. The molecule has 1 heterocycles. The molecule has 0 N–H and O–H groups in total. The van der Waals surface area contributed by atoms with E-state index in [4.69, 9.17) is 4.74 Å². The van der Waals surface area contributed by atoms with Crippen molar-refractivity contribution >= 4 is 0 Å². The number of hydrogen-bond acceptors (Lipinski definition) is 1. The molecule has 1 nitrogen and oxygen atoms in total. The third kappa shape index (κ3) is 2.30. The van der Waals surface area contributed by atoms with Crippen LogP contribution in [0.4, 0.5) is 0 Å². The summed E-state index contributed by atoms with van der Waals surface area (Å²) >= 11 is 0. The monoisotopic (exact) mass is 218 g/mol. The van der Waals surface area contributed by atoms with Crippen LogP contribution in [0.2, 0.25) is 0 Å². The first kappa shape index (κ1) is 11.7. The van der Waals surface area contributed by atoms with Crippen LogP contribution in [0.5, 0.6) is 0 Å². The van der Waals surface area contributed by atoms with Crippen LogP contribution in [-0.4, -0.2) is 13.2 Å². The van der Waals surface area contributed by atoms with Crippen molar-refractivity contribution < 1.29 is 4.74 Å². The average Bonchev–Trinajstić information content (AvgIpc) is 2.11. The van der Waals surface area contributed by atoms with Gasteiger partial charge in [-0.2, -0.15) is 0 Å². The van der Waals surface area contributed by atoms with Crippen LogP contribution >= 0.6 is 0 Å². The fourth-order valence-corrected chi connectivity index (χ4v) is 2.64. The molecular formula is C15H22O. The molecule has 1 aliphatic rings. The van der Waals surface area contributed by atoms with Gasteiger partial charge in [-0.15, -0.1) is 0 Å². The summed E-state index contributed by atoms with van der Waals surface area (Å²) in [5, 5.41) is 0. The van der Waals surface area contributed by atoms with E-state index >= 15 is 0 Å². The molecule has 0 radical (unpaired) electrons. The lowest BCUT2D eigenvalue weighted by Crippen LogP contribution is -2.49. The molecule has 0 aromatic heterocycles. The molecule has 0 saturated carbocycles. The summed E-state index contributed by atoms with van der Waals surface area (Å²) in [6, 6.07) is 8.95. The smallest absolute Gasteiger partial charge is 0.0585 e. The molecular weight excluding hydrogens is 196 g/mol. The van der Waals surface area contributed by atoms with Crippen molar-refractivity contribution in [1.82, 2.24) is 0 Å². The van der Waals surface area contributed by atoms with Crippen molar-refractivity contribution in [1.29, 1.82) is 0 Å². The molecule has 2 rings (SSSR count). The molecule has 1 heteroatoms. The van der Waals surface area contributed by atoms with E-state index < -0.39 is 0 Å². The van der Waals surface area contributed by atoms with Gasteiger partial charge in [0.25, 0.3) is 0 Å². The highest BCUT2D eigenvalue weighted by atomic mass is 16.5. The number of ether oxygens (including phenoxy) is 1. The molecule has 16 heavy (non-hydrogen) atoms. The molecule has 0 aliphatic carbocycles. The summed E-state index contributed by atoms with van der Waals surface area (Å²) in [7, 11) is 0. The van der Waals surface area contributed by atoms with Crippen LogP contribution in [0.15, 0.2) is 24.3 Å². The SMILES string of the molecule is Cc1ccc(C2(CC(C)(C)C)COC2)cc1. The van der Waals surface area contributed by atoms with Gasteiger partial charge in [-0.25, -0.2) is 0 Å². The first-order valence-electron chi connectivity index (χ1n) is 6.06. The Morgan fingerprint density at radius 3 is 2.06 bits per heavy atom. The van der Waals surface area contributed by atoms with Crippen LogP contribution in [-0.2, 0) is 10.2 Å². The third-order valence-electron chi connectivity index (χ3n) is 3.29. The minimum Gasteiger partial charge on any atom is -0.379 e. The maximum absolute atomic E-state index is 5.47. The second kappa shape index (κ2) is 3.89. The molecule has 1 aromatic carbocycles. The van der Waals surface area contributed by atoms with Gasteiger partial charge < -0.3 is 4.74 Å². The molecule has 0 spiro atoms. The molecule has 1 aromatic rings. The Balaban J connectivity index is 2.24. The normalized spacial score (nSPS) is 19.2. The summed E-state index contributed by atoms with van der Waals surface area (Å²) in [6.07, 6.45) is 1.20. The molecule has 1 saturated heterocycles. The maximum atomic E-state index is 5.47. The van der Waals surface area contributed by atoms with Gasteiger partial charge in [0.15, 0.2) is 0 Å². The van der Waals surface area contributed by atoms with Gasteiger partial charge in [0.05, 0.1) is 13.2 Å². The maximum Gasteiger partial charge on any atom is 0.0585 e. The van der Waals surface area contributed by atoms with E-state index in [1.807, 2.05) is 0 Å². The molecule has 1 fully saturated rings. The Hall–Kier alpha value is -0.820. The van der Waals surface area contributed by atoms with Crippen LogP contribution in [0.3, 0.4) is 0 Å². The Bertz CT molecular complexity index is 352. The Morgan fingerprint density at radius 2 is 1.69 bits per heavy atom. The van der Waals surface area contributed by atoms with Gasteiger partial charge in [-0.1, -0.05) is 50.6 Å². The zero-order valence-corrected chi connectivity index (χ0v) is 10.8. The number of rotatable bonds is 2. The van der Waals surface area contributed by atoms with Gasteiger partial charge in [-0.05, 0) is 24.3 Å². The van der Waals surface area contributed by atoms with Crippen LogP contribution in [0.1, 0.15) is 38.3 Å². The fourth-order valence-electron chi connectivity index (χ4n) is 2.64. The minimum atomic E-state index is 0.270. The zero-order valence-electron chi connectivity index (χ0n) is 10.8. The lowest BCUT2D eigenvalue weighted by atomic mass is 9.68. The summed E-state index contributed by atoms with van der Waals surface area (Å²) in [6.45, 7) is 10.8. The van der Waals surface area contributed by atoms with Crippen LogP contribution in [0.25, 0.3) is 0 Å². The second-order valence-electron chi connectivity index (χ2n) is 6.38. The lowest BCUT2D eigenvalue weighted by Gasteiger charge is -2.45. The van der Waals surface area contributed by atoms with Gasteiger partial charge in [0.1, 0.15) is 0 Å². The summed E-state index contributed by atoms with van der Waals surface area (Å²) in [5.74, 6) is 0. The van der Waals surface area contributed by atoms with Crippen molar-refractivity contribution in [2.45, 2.75) is 39.5 Å². The minimum absolute atomic E-state index is 0.270. The van der Waals surface area contributed by atoms with Gasteiger partial charge in [0.2, 0.25) is 0 Å². The lowest BCUT2D eigenvalue weighted by molar-refractivity contribution is -0.0777. The summed E-state index contributed by atoms with van der Waals surface area (Å²) in [5.41, 5.74) is 3.40. The average molecular weight is 218 g/mol. The fraction of sp³-hybridized carbons (Fsp3) is 0.600. The van der Waals surface area contributed by atoms with E-state index in [0.717, 1.165) is 13.2 Å². The van der Waals surface area contributed by atoms with E-state index in [-0.39, 0.29) is 5.41 Å². The highest BCUT2D eigenvalue weighted by Gasteiger charge is 2.42. The molecule has 88 valence electrons. The molecule has 1 aliphatic heterocycles. The largest absolute Gasteiger partial charge is 0.379 e. The van der Waals surface area contributed by atoms with Crippen molar-refractivity contribution in [3.63, 3.8) is 0 Å². The van der Waals surface area contributed by atoms with Crippen molar-refractivity contribution in [3.8, 4) is 0 Å². The van der Waals surface area contributed by atoms with Crippen molar-refractivity contribution in [3.05, 3.63) is 35.4 Å². The highest BCUT2D eigenvalue weighted by molar-refractivity contribution is 5.31. The zero-order chi connectivity index (χ0) is 11.8. The first-order chi connectivity index (χ1) is 7.41. The molecule has 0 atom stereocenters. The molecule has 0 unspecified atom stereocenters. The Labute approximate surface area is 98.8 Å². The van der Waals surface area contributed by atoms with Gasteiger partial charge >= 0.3 is 0 Å². The third-order valence-corrected chi connectivity index (χ3v) is 3.29. The predicted molar refractivity (Wildman–Crippen MR) is 67.7 cm³/mol. The summed E-state index contributed by atoms with van der Waals surface area (Å²) < 4.78 is 5.47. The number of aryl methyl sites for hydroxylation is 1. The highest BCUT2D eigenvalue weighted by Crippen LogP contribution is 2.42. The first-order valence-corrected chi connectivity index (χ1v) is 6.06. The van der Waals surface area contributed by atoms with Crippen molar-refractivity contribution in [2.24, 2.45) is 5.41 Å². The van der Waals surface area contributed by atoms with E-state index in [2.05, 4.69) is 52.0 Å². The van der Waals surface area contributed by atoms with Crippen LogP contribution in [0, 0.1) is 12.3 Å². The Morgan fingerprint density at radius 1 is 1.12 bits per heavy atom. The second-order valence-corrected chi connectivity index (χ2v) is 6.38. The predicted octanol–water partition coefficient (Wildman–Crippen LogP) is 3.70. The van der Waals surface area contributed by atoms with Gasteiger partial charge in [0, 0.05) is 5.41 Å².